The van der Waals surface area contributed by atoms with E-state index in [2.05, 4.69) is 10.4 Å². The van der Waals surface area contributed by atoms with Gasteiger partial charge < -0.3 is 15.0 Å². The van der Waals surface area contributed by atoms with Gasteiger partial charge in [0.2, 0.25) is 0 Å². The lowest BCUT2D eigenvalue weighted by Crippen LogP contribution is -2.29. The van der Waals surface area contributed by atoms with E-state index in [0.29, 0.717) is 23.0 Å². The zero-order chi connectivity index (χ0) is 21.7. The van der Waals surface area contributed by atoms with Crippen molar-refractivity contribution < 1.29 is 14.3 Å². The van der Waals surface area contributed by atoms with Crippen molar-refractivity contribution in [2.45, 2.75) is 13.0 Å². The molecule has 8 nitrogen and oxygen atoms in total. The average molecular weight is 408 g/mol. The number of esters is 1. The maximum atomic E-state index is 12.2. The number of aromatic nitrogens is 2. The number of benzene rings is 2. The Bertz CT molecular complexity index is 1120. The highest BCUT2D eigenvalue weighted by molar-refractivity contribution is 5.87. The van der Waals surface area contributed by atoms with Crippen LogP contribution in [0.4, 0.5) is 5.69 Å². The van der Waals surface area contributed by atoms with Gasteiger partial charge in [-0.25, -0.2) is 4.68 Å². The standard InChI is InChI=1S/C22H24N4O4/c1-25(2)16-10-8-15(9-11-16)13-23-20(27)14-30-21(28)12-19-17-6-4-5-7-18(17)22(29)26(3)24-19/h4-11H,12-14H2,1-3H3,(H,23,27). The second kappa shape index (κ2) is 9.21. The van der Waals surface area contributed by atoms with Gasteiger partial charge in [-0.2, -0.15) is 5.10 Å². The van der Waals surface area contributed by atoms with Crippen molar-refractivity contribution in [2.24, 2.45) is 7.05 Å². The fraction of sp³-hybridized carbons (Fsp3) is 0.273. The van der Waals surface area contributed by atoms with E-state index in [1.54, 1.807) is 24.3 Å². The van der Waals surface area contributed by atoms with Gasteiger partial charge in [-0.15, -0.1) is 0 Å². The fourth-order valence-corrected chi connectivity index (χ4v) is 3.00. The van der Waals surface area contributed by atoms with Crippen LogP contribution < -0.4 is 15.8 Å². The first-order valence-corrected chi connectivity index (χ1v) is 9.48. The van der Waals surface area contributed by atoms with Gasteiger partial charge in [-0.1, -0.05) is 30.3 Å². The summed E-state index contributed by atoms with van der Waals surface area (Å²) in [6.07, 6.45) is -0.131. The molecule has 0 saturated carbocycles. The van der Waals surface area contributed by atoms with Crippen molar-refractivity contribution >= 4 is 28.3 Å². The van der Waals surface area contributed by atoms with Crippen LogP contribution in [0.5, 0.6) is 0 Å². The SMILES string of the molecule is CN(C)c1ccc(CNC(=O)COC(=O)Cc2nn(C)c(=O)c3ccccc23)cc1. The highest BCUT2D eigenvalue weighted by Gasteiger charge is 2.14. The van der Waals surface area contributed by atoms with Gasteiger partial charge in [0.05, 0.1) is 17.5 Å². The van der Waals surface area contributed by atoms with E-state index in [9.17, 15) is 14.4 Å². The van der Waals surface area contributed by atoms with Crippen LogP contribution in [0, 0.1) is 0 Å². The third-order valence-electron chi connectivity index (χ3n) is 4.65. The molecule has 1 N–H and O–H groups in total. The number of hydrogen-bond donors (Lipinski definition) is 1. The summed E-state index contributed by atoms with van der Waals surface area (Å²) in [5, 5.41) is 7.97. The van der Waals surface area contributed by atoms with Crippen molar-refractivity contribution in [3.8, 4) is 0 Å². The Morgan fingerprint density at radius 3 is 2.40 bits per heavy atom. The molecular weight excluding hydrogens is 384 g/mol. The summed E-state index contributed by atoms with van der Waals surface area (Å²) < 4.78 is 6.27. The van der Waals surface area contributed by atoms with E-state index in [1.807, 2.05) is 43.3 Å². The van der Waals surface area contributed by atoms with Crippen molar-refractivity contribution in [2.75, 3.05) is 25.6 Å². The first-order chi connectivity index (χ1) is 14.3. The molecule has 30 heavy (non-hydrogen) atoms. The lowest BCUT2D eigenvalue weighted by atomic mass is 10.1. The van der Waals surface area contributed by atoms with Gasteiger partial charge in [-0.05, 0) is 23.8 Å². The number of amides is 1. The molecule has 2 aromatic carbocycles. The number of carbonyl (C=O) groups excluding carboxylic acids is 2. The zero-order valence-corrected chi connectivity index (χ0v) is 17.2. The lowest BCUT2D eigenvalue weighted by molar-refractivity contribution is -0.147. The number of anilines is 1. The smallest absolute Gasteiger partial charge is 0.312 e. The average Bonchev–Trinajstić information content (AvgIpc) is 2.74. The first kappa shape index (κ1) is 21.0. The molecule has 0 aliphatic carbocycles. The maximum absolute atomic E-state index is 12.2. The van der Waals surface area contributed by atoms with Crippen LogP contribution in [0.2, 0.25) is 0 Å². The van der Waals surface area contributed by atoms with Gasteiger partial charge in [0, 0.05) is 38.8 Å². The molecule has 0 aliphatic rings. The number of aryl methyl sites for hydroxylation is 1. The molecule has 3 aromatic rings. The Balaban J connectivity index is 1.53. The van der Waals surface area contributed by atoms with Crippen LogP contribution in [-0.4, -0.2) is 42.4 Å². The molecule has 0 spiro atoms. The number of nitrogens with zero attached hydrogens (tertiary/aromatic N) is 3. The van der Waals surface area contributed by atoms with E-state index < -0.39 is 11.9 Å². The molecule has 0 unspecified atom stereocenters. The number of nitrogens with one attached hydrogen (secondary N) is 1. The van der Waals surface area contributed by atoms with Gasteiger partial charge in [-0.3, -0.25) is 14.4 Å². The van der Waals surface area contributed by atoms with Crippen LogP contribution in [0.15, 0.2) is 53.3 Å². The summed E-state index contributed by atoms with van der Waals surface area (Å²) in [7, 11) is 5.44. The Morgan fingerprint density at radius 2 is 1.73 bits per heavy atom. The van der Waals surface area contributed by atoms with Crippen molar-refractivity contribution in [3.05, 3.63) is 70.1 Å². The lowest BCUT2D eigenvalue weighted by Gasteiger charge is -2.13. The van der Waals surface area contributed by atoms with Crippen LogP contribution in [-0.2, 0) is 34.3 Å². The molecule has 156 valence electrons. The van der Waals surface area contributed by atoms with Gasteiger partial charge >= 0.3 is 5.97 Å². The third kappa shape index (κ3) is 5.02. The van der Waals surface area contributed by atoms with Crippen LogP contribution in [0.3, 0.4) is 0 Å². The monoisotopic (exact) mass is 408 g/mol. The number of ether oxygens (including phenoxy) is 1. The van der Waals surface area contributed by atoms with E-state index in [-0.39, 0.29) is 18.6 Å². The molecule has 1 aromatic heterocycles. The molecule has 0 saturated heterocycles. The normalized spacial score (nSPS) is 10.6. The molecular formula is C22H24N4O4. The highest BCUT2D eigenvalue weighted by Crippen LogP contribution is 2.14. The predicted molar refractivity (Wildman–Crippen MR) is 114 cm³/mol. The van der Waals surface area contributed by atoms with E-state index in [1.165, 1.54) is 11.7 Å². The largest absolute Gasteiger partial charge is 0.455 e. The molecule has 0 radical (unpaired) electrons. The molecule has 0 bridgehead atoms. The second-order valence-electron chi connectivity index (χ2n) is 7.10. The minimum atomic E-state index is -0.586. The van der Waals surface area contributed by atoms with E-state index in [0.717, 1.165) is 11.3 Å². The molecule has 0 aliphatic heterocycles. The topological polar surface area (TPSA) is 93.5 Å². The Kier molecular flexibility index (Phi) is 6.46. The van der Waals surface area contributed by atoms with Gasteiger partial charge in [0.25, 0.3) is 11.5 Å². The molecule has 0 atom stereocenters. The van der Waals surface area contributed by atoms with Crippen molar-refractivity contribution in [1.29, 1.82) is 0 Å². The van der Waals surface area contributed by atoms with Crippen molar-refractivity contribution in [3.63, 3.8) is 0 Å². The first-order valence-electron chi connectivity index (χ1n) is 9.48. The highest BCUT2D eigenvalue weighted by atomic mass is 16.5. The second-order valence-corrected chi connectivity index (χ2v) is 7.10. The van der Waals surface area contributed by atoms with Crippen LogP contribution in [0.25, 0.3) is 10.8 Å². The Morgan fingerprint density at radius 1 is 1.07 bits per heavy atom. The third-order valence-corrected chi connectivity index (χ3v) is 4.65. The summed E-state index contributed by atoms with van der Waals surface area (Å²) in [5.41, 5.74) is 2.21. The van der Waals surface area contributed by atoms with E-state index in [4.69, 9.17) is 4.74 Å². The molecule has 1 amide bonds. The maximum Gasteiger partial charge on any atom is 0.312 e. The fourth-order valence-electron chi connectivity index (χ4n) is 3.00. The zero-order valence-electron chi connectivity index (χ0n) is 17.2. The molecule has 8 heteroatoms. The van der Waals surface area contributed by atoms with Crippen LogP contribution >= 0.6 is 0 Å². The summed E-state index contributed by atoms with van der Waals surface area (Å²) in [4.78, 5) is 38.3. The summed E-state index contributed by atoms with van der Waals surface area (Å²) >= 11 is 0. The molecule has 1 heterocycles. The van der Waals surface area contributed by atoms with Gasteiger partial charge in [0.1, 0.15) is 0 Å². The van der Waals surface area contributed by atoms with Gasteiger partial charge in [0.15, 0.2) is 6.61 Å². The Labute approximate surface area is 174 Å². The van der Waals surface area contributed by atoms with E-state index >= 15 is 0 Å². The minimum Gasteiger partial charge on any atom is -0.455 e. The minimum absolute atomic E-state index is 0.131. The number of fused-ring (bicyclic) bond motifs is 1. The summed E-state index contributed by atoms with van der Waals surface area (Å²) in [5.74, 6) is -0.977. The predicted octanol–water partition coefficient (Wildman–Crippen LogP) is 1.40. The quantitative estimate of drug-likeness (QED) is 0.594. The molecule has 3 rings (SSSR count). The van der Waals surface area contributed by atoms with Crippen molar-refractivity contribution in [1.82, 2.24) is 15.1 Å². The summed E-state index contributed by atoms with van der Waals surface area (Å²) in [6.45, 7) is -0.0323. The number of hydrogen-bond acceptors (Lipinski definition) is 6. The summed E-state index contributed by atoms with van der Waals surface area (Å²) in [6, 6.07) is 14.7. The number of rotatable bonds is 7. The van der Waals surface area contributed by atoms with Crippen LogP contribution in [0.1, 0.15) is 11.3 Å². The molecule has 0 fully saturated rings. The Hall–Kier alpha value is -3.68. The number of carbonyl (C=O) groups is 2.